The zero-order chi connectivity index (χ0) is 21.5. The second-order valence-corrected chi connectivity index (χ2v) is 9.89. The molecule has 0 unspecified atom stereocenters. The van der Waals surface area contributed by atoms with Gasteiger partial charge < -0.3 is 13.9 Å². The minimum Gasteiger partial charge on any atom is -0.756 e. The Hall–Kier alpha value is 0.629. The quantitative estimate of drug-likeness (QED) is 0.0777. The molecule has 0 rings (SSSR count). The van der Waals surface area contributed by atoms with E-state index in [9.17, 15) is 9.46 Å². The molecule has 0 aromatic heterocycles. The molecule has 0 aromatic carbocycles. The molecule has 0 spiro atoms. The fraction of sp³-hybridized carbons (Fsp3) is 1.00. The largest absolute Gasteiger partial charge is 3.00 e. The van der Waals surface area contributed by atoms with Crippen LogP contribution in [0.15, 0.2) is 0 Å². The predicted molar refractivity (Wildman–Crippen MR) is 123 cm³/mol. The molecule has 0 atom stereocenters. The minimum atomic E-state index is -4.10. The van der Waals surface area contributed by atoms with Crippen molar-refractivity contribution in [3.8, 4) is 0 Å². The third-order valence-corrected chi connectivity index (χ3v) is 6.49. The van der Waals surface area contributed by atoms with E-state index in [0.717, 1.165) is 25.7 Å². The van der Waals surface area contributed by atoms with Gasteiger partial charge in [0.2, 0.25) is 0 Å². The van der Waals surface area contributed by atoms with Crippen molar-refractivity contribution in [1.29, 1.82) is 0 Å². The van der Waals surface area contributed by atoms with Crippen LogP contribution >= 0.6 is 7.82 Å². The van der Waals surface area contributed by atoms with Gasteiger partial charge in [-0.1, -0.05) is 129 Å². The van der Waals surface area contributed by atoms with Gasteiger partial charge in [0.25, 0.3) is 7.82 Å². The first-order valence-electron chi connectivity index (χ1n) is 12.7. The van der Waals surface area contributed by atoms with Crippen LogP contribution in [-0.2, 0) is 30.7 Å². The molecule has 0 fully saturated rings. The van der Waals surface area contributed by atoms with E-state index in [1.165, 1.54) is 103 Å². The van der Waals surface area contributed by atoms with Gasteiger partial charge >= 0.3 is 17.1 Å². The smallest absolute Gasteiger partial charge is 0.756 e. The summed E-state index contributed by atoms with van der Waals surface area (Å²) in [4.78, 5) is 11.7. The summed E-state index contributed by atoms with van der Waals surface area (Å²) in [6.07, 6.45) is 24.5. The van der Waals surface area contributed by atoms with Crippen molar-refractivity contribution in [3.05, 3.63) is 0 Å². The van der Waals surface area contributed by atoms with Crippen molar-refractivity contribution in [1.82, 2.24) is 0 Å². The molecule has 181 valence electrons. The maximum absolute atomic E-state index is 11.7. The first-order valence-corrected chi connectivity index (χ1v) is 14.2. The molecule has 0 aromatic rings. The molecule has 1 radical (unpaired) electrons. The molecular weight excluding hydrogens is 439 g/mol. The van der Waals surface area contributed by atoms with Crippen LogP contribution in [0.2, 0.25) is 0 Å². The summed E-state index contributed by atoms with van der Waals surface area (Å²) >= 11 is 0. The van der Waals surface area contributed by atoms with Crippen LogP contribution in [0.3, 0.4) is 0 Å². The van der Waals surface area contributed by atoms with Crippen LogP contribution in [0.4, 0.5) is 0 Å². The van der Waals surface area contributed by atoms with Crippen LogP contribution in [0.25, 0.3) is 0 Å². The molecule has 0 N–H and O–H groups in total. The van der Waals surface area contributed by atoms with E-state index in [0.29, 0.717) is 0 Å². The summed E-state index contributed by atoms with van der Waals surface area (Å²) < 4.78 is 21.7. The average Bonchev–Trinajstić information content (AvgIpc) is 2.70. The van der Waals surface area contributed by atoms with Crippen molar-refractivity contribution in [3.63, 3.8) is 0 Å². The van der Waals surface area contributed by atoms with E-state index < -0.39 is 7.82 Å². The number of phosphoric ester groups is 1. The van der Waals surface area contributed by atoms with E-state index >= 15 is 0 Å². The Morgan fingerprint density at radius 2 is 0.733 bits per heavy atom. The van der Waals surface area contributed by atoms with E-state index in [4.69, 9.17) is 9.05 Å². The summed E-state index contributed by atoms with van der Waals surface area (Å²) in [5.74, 6) is 0. The average molecular weight is 489 g/mol. The Kier molecular flexibility index (Phi) is 28.3. The zero-order valence-electron chi connectivity index (χ0n) is 20.0. The fourth-order valence-electron chi connectivity index (χ4n) is 3.57. The number of rotatable bonds is 24. The zero-order valence-corrected chi connectivity index (χ0v) is 22.0. The van der Waals surface area contributed by atoms with Gasteiger partial charge in [0.15, 0.2) is 0 Å². The van der Waals surface area contributed by atoms with E-state index in [2.05, 4.69) is 13.8 Å². The molecule has 0 heterocycles. The maximum Gasteiger partial charge on any atom is 3.00 e. The maximum atomic E-state index is 11.7. The standard InChI is InChI=1S/C24H51O4P.Fe/c1-3-5-7-9-11-13-15-17-19-21-23-27-29(25,26)28-24-22-20-18-16-14-12-10-8-6-4-2;/h3-24H2,1-2H3,(H,25,26);/q;+3/p-1. The SMILES string of the molecule is CCCCCCCCCCCCOP(=O)([O-])OCCCCCCCCCCCC.[Fe+3]. The molecule has 0 aliphatic heterocycles. The second-order valence-electron chi connectivity index (χ2n) is 8.48. The third kappa shape index (κ3) is 26.7. The van der Waals surface area contributed by atoms with Crippen LogP contribution in [-0.4, -0.2) is 13.2 Å². The first-order chi connectivity index (χ1) is 14.1. The molecule has 0 saturated heterocycles. The summed E-state index contributed by atoms with van der Waals surface area (Å²) in [6, 6.07) is 0. The molecule has 0 aliphatic carbocycles. The Morgan fingerprint density at radius 1 is 0.500 bits per heavy atom. The normalized spacial score (nSPS) is 11.6. The van der Waals surface area contributed by atoms with E-state index in [1.54, 1.807) is 0 Å². The van der Waals surface area contributed by atoms with Gasteiger partial charge in [0, 0.05) is 0 Å². The predicted octanol–water partition coefficient (Wildman–Crippen LogP) is 8.33. The number of phosphoric acid groups is 1. The Bertz CT molecular complexity index is 339. The van der Waals surface area contributed by atoms with Gasteiger partial charge in [0.1, 0.15) is 0 Å². The third-order valence-electron chi connectivity index (χ3n) is 5.49. The second kappa shape index (κ2) is 25.9. The molecule has 0 bridgehead atoms. The molecule has 0 aliphatic rings. The molecule has 6 heteroatoms. The van der Waals surface area contributed by atoms with Gasteiger partial charge in [-0.2, -0.15) is 0 Å². The van der Waals surface area contributed by atoms with Crippen molar-refractivity contribution in [2.75, 3.05) is 13.2 Å². The van der Waals surface area contributed by atoms with Gasteiger partial charge in [0.05, 0.1) is 13.2 Å². The summed E-state index contributed by atoms with van der Waals surface area (Å²) in [7, 11) is -4.10. The van der Waals surface area contributed by atoms with Crippen molar-refractivity contribution in [2.24, 2.45) is 0 Å². The van der Waals surface area contributed by atoms with Gasteiger partial charge in [-0.25, -0.2) is 0 Å². The van der Waals surface area contributed by atoms with Crippen molar-refractivity contribution < 1.29 is 35.6 Å². The van der Waals surface area contributed by atoms with Gasteiger partial charge in [-0.3, -0.25) is 4.57 Å². The fourth-order valence-corrected chi connectivity index (χ4v) is 4.35. The topological polar surface area (TPSA) is 58.6 Å². The summed E-state index contributed by atoms with van der Waals surface area (Å²) in [5, 5.41) is 0. The molecular formula is C24H50FeO4P+2. The monoisotopic (exact) mass is 489 g/mol. The number of hydrogen-bond acceptors (Lipinski definition) is 4. The summed E-state index contributed by atoms with van der Waals surface area (Å²) in [6.45, 7) is 5.00. The van der Waals surface area contributed by atoms with Crippen molar-refractivity contribution >= 4 is 7.82 Å². The molecule has 30 heavy (non-hydrogen) atoms. The Morgan fingerprint density at radius 3 is 1.00 bits per heavy atom. The minimum absolute atomic E-state index is 0. The van der Waals surface area contributed by atoms with Crippen LogP contribution < -0.4 is 4.89 Å². The van der Waals surface area contributed by atoms with Gasteiger partial charge in [-0.15, -0.1) is 0 Å². The van der Waals surface area contributed by atoms with E-state index in [1.807, 2.05) is 0 Å². The van der Waals surface area contributed by atoms with E-state index in [-0.39, 0.29) is 30.3 Å². The van der Waals surface area contributed by atoms with Gasteiger partial charge in [-0.05, 0) is 12.8 Å². The Balaban J connectivity index is 0. The first kappa shape index (κ1) is 32.8. The van der Waals surface area contributed by atoms with Crippen LogP contribution in [0.5, 0.6) is 0 Å². The van der Waals surface area contributed by atoms with Crippen molar-refractivity contribution in [2.45, 2.75) is 142 Å². The number of unbranched alkanes of at least 4 members (excludes halogenated alkanes) is 18. The molecule has 4 nitrogen and oxygen atoms in total. The Labute approximate surface area is 198 Å². The number of hydrogen-bond donors (Lipinski definition) is 0. The van der Waals surface area contributed by atoms with Crippen LogP contribution in [0.1, 0.15) is 142 Å². The summed E-state index contributed by atoms with van der Waals surface area (Å²) in [5.41, 5.74) is 0. The molecule has 0 saturated carbocycles. The molecule has 0 amide bonds. The van der Waals surface area contributed by atoms with Crippen LogP contribution in [0, 0.1) is 0 Å².